The van der Waals surface area contributed by atoms with Crippen LogP contribution in [0.4, 0.5) is 5.69 Å². The van der Waals surface area contributed by atoms with E-state index < -0.39 is 0 Å². The van der Waals surface area contributed by atoms with Gasteiger partial charge in [0.25, 0.3) is 0 Å². The minimum Gasteiger partial charge on any atom is -0.342 e. The van der Waals surface area contributed by atoms with E-state index in [0.717, 1.165) is 25.1 Å². The molecule has 0 N–H and O–H groups in total. The van der Waals surface area contributed by atoms with Crippen molar-refractivity contribution in [2.24, 2.45) is 5.92 Å². The van der Waals surface area contributed by atoms with E-state index in [1.165, 1.54) is 11.1 Å². The van der Waals surface area contributed by atoms with Crippen LogP contribution in [0.2, 0.25) is 0 Å². The molecule has 0 radical (unpaired) electrons. The number of benzene rings is 2. The summed E-state index contributed by atoms with van der Waals surface area (Å²) in [6.07, 6.45) is 2.08. The fourth-order valence-electron chi connectivity index (χ4n) is 3.85. The normalized spacial score (nSPS) is 19.4. The average Bonchev–Trinajstić information content (AvgIpc) is 3.24. The molecule has 2 aromatic carbocycles. The number of para-hydroxylation sites is 1. The fourth-order valence-corrected chi connectivity index (χ4v) is 3.85. The monoisotopic (exact) mass is 334 g/mol. The third-order valence-corrected chi connectivity index (χ3v) is 5.23. The fraction of sp³-hybridized carbons (Fsp3) is 0.333. The van der Waals surface area contributed by atoms with Crippen LogP contribution in [-0.2, 0) is 22.4 Å². The second kappa shape index (κ2) is 6.71. The van der Waals surface area contributed by atoms with Crippen molar-refractivity contribution in [3.63, 3.8) is 0 Å². The Labute approximate surface area is 148 Å². The zero-order chi connectivity index (χ0) is 17.2. The van der Waals surface area contributed by atoms with Crippen LogP contribution in [0.25, 0.3) is 0 Å². The highest BCUT2D eigenvalue weighted by Crippen LogP contribution is 2.31. The number of nitrogens with zero attached hydrogens (tertiary/aromatic N) is 2. The van der Waals surface area contributed by atoms with Gasteiger partial charge in [0, 0.05) is 31.7 Å². The Morgan fingerprint density at radius 2 is 1.80 bits per heavy atom. The van der Waals surface area contributed by atoms with Crippen molar-refractivity contribution in [1.29, 1.82) is 0 Å². The average molecular weight is 334 g/mol. The Morgan fingerprint density at radius 3 is 2.64 bits per heavy atom. The number of fused-ring (bicyclic) bond motifs is 1. The largest absolute Gasteiger partial charge is 0.342 e. The minimum atomic E-state index is -0.213. The maximum absolute atomic E-state index is 12.9. The van der Waals surface area contributed by atoms with Crippen molar-refractivity contribution in [2.75, 3.05) is 24.5 Å². The molecule has 2 aliphatic rings. The smallest absolute Gasteiger partial charge is 0.232 e. The molecule has 2 aromatic rings. The number of anilines is 1. The van der Waals surface area contributed by atoms with Crippen LogP contribution in [0.3, 0.4) is 0 Å². The maximum Gasteiger partial charge on any atom is 0.232 e. The van der Waals surface area contributed by atoms with Crippen molar-refractivity contribution >= 4 is 17.5 Å². The summed E-state index contributed by atoms with van der Waals surface area (Å²) in [7, 11) is 0. The zero-order valence-electron chi connectivity index (χ0n) is 14.2. The number of hydrogen-bond acceptors (Lipinski definition) is 2. The van der Waals surface area contributed by atoms with E-state index in [0.29, 0.717) is 19.5 Å². The van der Waals surface area contributed by atoms with Crippen LogP contribution < -0.4 is 4.90 Å². The predicted molar refractivity (Wildman–Crippen MR) is 97.3 cm³/mol. The Bertz CT molecular complexity index is 787. The van der Waals surface area contributed by atoms with E-state index >= 15 is 0 Å². The highest BCUT2D eigenvalue weighted by atomic mass is 16.2. The number of hydrogen-bond donors (Lipinski definition) is 0. The maximum atomic E-state index is 12.9. The van der Waals surface area contributed by atoms with Crippen LogP contribution in [0.5, 0.6) is 0 Å². The molecule has 2 aliphatic heterocycles. The van der Waals surface area contributed by atoms with Gasteiger partial charge in [-0.05, 0) is 30.0 Å². The Kier molecular flexibility index (Phi) is 4.26. The lowest BCUT2D eigenvalue weighted by molar-refractivity contribution is -0.128. The van der Waals surface area contributed by atoms with Gasteiger partial charge in [0.15, 0.2) is 0 Å². The second-order valence-electron chi connectivity index (χ2n) is 6.84. The second-order valence-corrected chi connectivity index (χ2v) is 6.84. The lowest BCUT2D eigenvalue weighted by Crippen LogP contribution is -2.36. The Morgan fingerprint density at radius 1 is 1.04 bits per heavy atom. The van der Waals surface area contributed by atoms with Crippen molar-refractivity contribution in [2.45, 2.75) is 19.3 Å². The molecule has 0 unspecified atom stereocenters. The van der Waals surface area contributed by atoms with E-state index in [-0.39, 0.29) is 17.7 Å². The lowest BCUT2D eigenvalue weighted by atomic mass is 10.1. The Hall–Kier alpha value is -2.62. The van der Waals surface area contributed by atoms with Crippen molar-refractivity contribution < 1.29 is 9.59 Å². The van der Waals surface area contributed by atoms with E-state index in [4.69, 9.17) is 0 Å². The van der Waals surface area contributed by atoms with Gasteiger partial charge in [0.1, 0.15) is 0 Å². The van der Waals surface area contributed by atoms with E-state index in [9.17, 15) is 9.59 Å². The summed E-state index contributed by atoms with van der Waals surface area (Å²) in [4.78, 5) is 29.0. The van der Waals surface area contributed by atoms with Gasteiger partial charge in [-0.25, -0.2) is 0 Å². The summed E-state index contributed by atoms with van der Waals surface area (Å²) in [6.45, 7) is 1.96. The van der Waals surface area contributed by atoms with Crippen molar-refractivity contribution in [3.05, 3.63) is 65.7 Å². The van der Waals surface area contributed by atoms with Gasteiger partial charge in [-0.2, -0.15) is 0 Å². The van der Waals surface area contributed by atoms with E-state index in [2.05, 4.69) is 18.2 Å². The van der Waals surface area contributed by atoms with Gasteiger partial charge in [0.2, 0.25) is 11.8 Å². The van der Waals surface area contributed by atoms with Gasteiger partial charge >= 0.3 is 0 Å². The highest BCUT2D eigenvalue weighted by molar-refractivity contribution is 6.00. The molecular weight excluding hydrogens is 312 g/mol. The minimum absolute atomic E-state index is 0.0977. The molecule has 4 heteroatoms. The topological polar surface area (TPSA) is 40.6 Å². The molecule has 0 bridgehead atoms. The van der Waals surface area contributed by atoms with Crippen molar-refractivity contribution in [3.8, 4) is 0 Å². The van der Waals surface area contributed by atoms with Gasteiger partial charge < -0.3 is 9.80 Å². The molecule has 0 spiro atoms. The molecule has 2 heterocycles. The van der Waals surface area contributed by atoms with Crippen LogP contribution in [0.15, 0.2) is 54.6 Å². The molecule has 1 atom stereocenters. The van der Waals surface area contributed by atoms with Gasteiger partial charge in [-0.1, -0.05) is 48.5 Å². The van der Waals surface area contributed by atoms with Crippen LogP contribution in [0, 0.1) is 5.92 Å². The lowest BCUT2D eigenvalue weighted by Gasteiger charge is -2.21. The molecule has 25 heavy (non-hydrogen) atoms. The van der Waals surface area contributed by atoms with Crippen molar-refractivity contribution in [1.82, 2.24) is 4.90 Å². The summed E-state index contributed by atoms with van der Waals surface area (Å²) in [5, 5.41) is 0. The first-order chi connectivity index (χ1) is 12.2. The Balaban J connectivity index is 1.40. The first-order valence-corrected chi connectivity index (χ1v) is 8.93. The first-order valence-electron chi connectivity index (χ1n) is 8.93. The standard InChI is InChI=1S/C21H22N2O2/c24-20-14-18(15-22(20)12-10-16-6-2-1-3-7-16)21(25)23-13-11-17-8-4-5-9-19(17)23/h1-9,18H,10-15H2/t18-/m1/s1. The predicted octanol–water partition coefficient (Wildman–Crippen LogP) is 2.67. The number of rotatable bonds is 4. The molecule has 0 saturated carbocycles. The molecule has 1 saturated heterocycles. The summed E-state index contributed by atoms with van der Waals surface area (Å²) in [5.74, 6) is -0.0169. The molecule has 1 fully saturated rings. The summed E-state index contributed by atoms with van der Waals surface area (Å²) in [5.41, 5.74) is 3.46. The summed E-state index contributed by atoms with van der Waals surface area (Å²) >= 11 is 0. The van der Waals surface area contributed by atoms with Crippen LogP contribution in [0.1, 0.15) is 17.5 Å². The molecule has 2 amide bonds. The summed E-state index contributed by atoms with van der Waals surface area (Å²) < 4.78 is 0. The molecular formula is C21H22N2O2. The van der Waals surface area contributed by atoms with E-state index in [1.54, 1.807) is 0 Å². The van der Waals surface area contributed by atoms with Gasteiger partial charge in [0.05, 0.1) is 5.92 Å². The zero-order valence-corrected chi connectivity index (χ0v) is 14.2. The van der Waals surface area contributed by atoms with Gasteiger partial charge in [-0.3, -0.25) is 9.59 Å². The molecule has 0 aromatic heterocycles. The number of amides is 2. The first kappa shape index (κ1) is 15.9. The third kappa shape index (κ3) is 3.16. The van der Waals surface area contributed by atoms with Crippen LogP contribution >= 0.6 is 0 Å². The molecule has 0 aliphatic carbocycles. The third-order valence-electron chi connectivity index (χ3n) is 5.23. The molecule has 4 rings (SSSR count). The summed E-state index contributed by atoms with van der Waals surface area (Å²) in [6, 6.07) is 18.2. The number of carbonyl (C=O) groups excluding carboxylic acids is 2. The molecule has 4 nitrogen and oxygen atoms in total. The number of likely N-dealkylation sites (tertiary alicyclic amines) is 1. The SMILES string of the molecule is O=C1C[C@@H](C(=O)N2CCc3ccccc32)CN1CCc1ccccc1. The molecule has 128 valence electrons. The van der Waals surface area contributed by atoms with Gasteiger partial charge in [-0.15, -0.1) is 0 Å². The van der Waals surface area contributed by atoms with Crippen LogP contribution in [-0.4, -0.2) is 36.3 Å². The quantitative estimate of drug-likeness (QED) is 0.862. The number of carbonyl (C=O) groups is 2. The highest BCUT2D eigenvalue weighted by Gasteiger charge is 2.38. The van der Waals surface area contributed by atoms with E-state index in [1.807, 2.05) is 46.2 Å².